The first-order valence-corrected chi connectivity index (χ1v) is 7.20. The molecular weight excluding hydrogens is 304 g/mol. The number of benzene rings is 1. The molecule has 0 heterocycles. The molecule has 0 saturated heterocycles. The van der Waals surface area contributed by atoms with Crippen LogP contribution in [0, 0.1) is 16.0 Å². The molecule has 2 N–H and O–H groups in total. The van der Waals surface area contributed by atoms with Gasteiger partial charge in [-0.2, -0.15) is 0 Å². The van der Waals surface area contributed by atoms with E-state index < -0.39 is 22.5 Å². The molecule has 0 aliphatic carbocycles. The minimum absolute atomic E-state index is 0.0558. The summed E-state index contributed by atoms with van der Waals surface area (Å²) in [6.07, 6.45) is 0.596. The summed E-state index contributed by atoms with van der Waals surface area (Å²) in [5.41, 5.74) is -0.792. The number of nitrogens with zero attached hydrogens (tertiary/aromatic N) is 1. The molecule has 0 unspecified atom stereocenters. The molecule has 0 bridgehead atoms. The third-order valence-electron chi connectivity index (χ3n) is 2.84. The molecule has 0 fully saturated rings. The largest absolute Gasteiger partial charge is 0.478 e. The highest BCUT2D eigenvalue weighted by Gasteiger charge is 2.17. The molecule has 0 atom stereocenters. The average molecular weight is 324 g/mol. The van der Waals surface area contributed by atoms with E-state index in [9.17, 15) is 19.7 Å². The van der Waals surface area contributed by atoms with Crippen LogP contribution in [0.2, 0.25) is 0 Å². The number of aromatic carboxylic acids is 1. The molecule has 8 nitrogen and oxygen atoms in total. The van der Waals surface area contributed by atoms with E-state index in [1.54, 1.807) is 0 Å². The van der Waals surface area contributed by atoms with E-state index in [0.717, 1.165) is 18.2 Å². The van der Waals surface area contributed by atoms with Gasteiger partial charge in [0.2, 0.25) is 0 Å². The van der Waals surface area contributed by atoms with Crippen molar-refractivity contribution < 1.29 is 24.4 Å². The van der Waals surface area contributed by atoms with Crippen molar-refractivity contribution in [2.45, 2.75) is 20.3 Å². The zero-order valence-electron chi connectivity index (χ0n) is 13.1. The van der Waals surface area contributed by atoms with Gasteiger partial charge >= 0.3 is 5.97 Å². The standard InChI is InChI=1S/C15H20N2O6/c1-10(2)9-23-5-3-4-16-14(18)11-6-12(15(19)20)8-13(7-11)17(21)22/h6-8,10H,3-5,9H2,1-2H3,(H,16,18)(H,19,20). The Balaban J connectivity index is 2.61. The zero-order chi connectivity index (χ0) is 17.4. The van der Waals surface area contributed by atoms with Gasteiger partial charge in [0, 0.05) is 37.5 Å². The molecule has 1 aromatic carbocycles. The van der Waals surface area contributed by atoms with Crippen molar-refractivity contribution in [2.24, 2.45) is 5.92 Å². The minimum Gasteiger partial charge on any atom is -0.478 e. The number of ether oxygens (including phenoxy) is 1. The van der Waals surface area contributed by atoms with Crippen LogP contribution in [0.15, 0.2) is 18.2 Å². The van der Waals surface area contributed by atoms with Crippen LogP contribution in [-0.4, -0.2) is 41.7 Å². The van der Waals surface area contributed by atoms with Crippen molar-refractivity contribution in [1.29, 1.82) is 0 Å². The van der Waals surface area contributed by atoms with E-state index in [0.29, 0.717) is 32.1 Å². The quantitative estimate of drug-likeness (QED) is 0.408. The second kappa shape index (κ2) is 8.84. The molecule has 0 spiro atoms. The Labute approximate surface area is 133 Å². The number of nitro groups is 1. The molecule has 23 heavy (non-hydrogen) atoms. The van der Waals surface area contributed by atoms with Crippen molar-refractivity contribution >= 4 is 17.6 Å². The van der Waals surface area contributed by atoms with Gasteiger partial charge in [-0.3, -0.25) is 14.9 Å². The maximum absolute atomic E-state index is 12.0. The third kappa shape index (κ3) is 6.43. The fourth-order valence-electron chi connectivity index (χ4n) is 1.77. The van der Waals surface area contributed by atoms with E-state index in [1.165, 1.54) is 0 Å². The smallest absolute Gasteiger partial charge is 0.335 e. The van der Waals surface area contributed by atoms with Crippen LogP contribution in [0.4, 0.5) is 5.69 Å². The van der Waals surface area contributed by atoms with E-state index in [-0.39, 0.29) is 11.1 Å². The molecule has 0 radical (unpaired) electrons. The molecular formula is C15H20N2O6. The number of carboxylic acids is 1. The van der Waals surface area contributed by atoms with Crippen molar-refractivity contribution in [3.63, 3.8) is 0 Å². The normalized spacial score (nSPS) is 10.6. The van der Waals surface area contributed by atoms with Gasteiger partial charge in [0.25, 0.3) is 11.6 Å². The lowest BCUT2D eigenvalue weighted by atomic mass is 10.1. The Morgan fingerprint density at radius 1 is 1.30 bits per heavy atom. The highest BCUT2D eigenvalue weighted by Crippen LogP contribution is 2.17. The molecule has 1 rings (SSSR count). The fraction of sp³-hybridized carbons (Fsp3) is 0.467. The highest BCUT2D eigenvalue weighted by atomic mass is 16.6. The number of carboxylic acid groups (broad SMARTS) is 1. The lowest BCUT2D eigenvalue weighted by molar-refractivity contribution is -0.384. The van der Waals surface area contributed by atoms with Crippen LogP contribution in [0.1, 0.15) is 41.0 Å². The topological polar surface area (TPSA) is 119 Å². The lowest BCUT2D eigenvalue weighted by Gasteiger charge is -2.08. The van der Waals surface area contributed by atoms with Crippen LogP contribution >= 0.6 is 0 Å². The summed E-state index contributed by atoms with van der Waals surface area (Å²) < 4.78 is 5.37. The van der Waals surface area contributed by atoms with Gasteiger partial charge in [0.05, 0.1) is 10.5 Å². The summed E-state index contributed by atoms with van der Waals surface area (Å²) >= 11 is 0. The Bertz CT molecular complexity index is 553. The first kappa shape index (κ1) is 18.6. The Kier molecular flexibility index (Phi) is 7.14. The molecule has 0 aliphatic heterocycles. The molecule has 0 aromatic heterocycles. The molecule has 126 valence electrons. The number of amides is 1. The predicted octanol–water partition coefficient (Wildman–Crippen LogP) is 2.09. The number of nitro benzene ring substituents is 1. The van der Waals surface area contributed by atoms with E-state index >= 15 is 0 Å². The van der Waals surface area contributed by atoms with Gasteiger partial charge in [-0.05, 0) is 18.4 Å². The molecule has 1 amide bonds. The number of hydrogen-bond donors (Lipinski definition) is 2. The molecule has 0 saturated carbocycles. The van der Waals surface area contributed by atoms with Crippen LogP contribution < -0.4 is 5.32 Å². The number of carbonyl (C=O) groups is 2. The van der Waals surface area contributed by atoms with Crippen LogP contribution in [-0.2, 0) is 4.74 Å². The maximum atomic E-state index is 12.0. The third-order valence-corrected chi connectivity index (χ3v) is 2.84. The number of hydrogen-bond acceptors (Lipinski definition) is 5. The SMILES string of the molecule is CC(C)COCCCNC(=O)c1cc(C(=O)O)cc([N+](=O)[O-])c1. The summed E-state index contributed by atoms with van der Waals surface area (Å²) in [5, 5.41) is 22.3. The van der Waals surface area contributed by atoms with Gasteiger partial charge in [0.1, 0.15) is 0 Å². The maximum Gasteiger partial charge on any atom is 0.335 e. The second-order valence-electron chi connectivity index (χ2n) is 5.41. The Hall–Kier alpha value is -2.48. The summed E-state index contributed by atoms with van der Waals surface area (Å²) in [6, 6.07) is 3.08. The zero-order valence-corrected chi connectivity index (χ0v) is 13.1. The van der Waals surface area contributed by atoms with Crippen molar-refractivity contribution in [3.05, 3.63) is 39.4 Å². The van der Waals surface area contributed by atoms with Crippen molar-refractivity contribution in [3.8, 4) is 0 Å². The number of rotatable bonds is 9. The summed E-state index contributed by atoms with van der Waals surface area (Å²) in [5.74, 6) is -1.45. The molecule has 1 aromatic rings. The fourth-order valence-corrected chi connectivity index (χ4v) is 1.77. The predicted molar refractivity (Wildman–Crippen MR) is 82.7 cm³/mol. The van der Waals surface area contributed by atoms with Crippen LogP contribution in [0.25, 0.3) is 0 Å². The summed E-state index contributed by atoms with van der Waals surface area (Å²) in [7, 11) is 0. The van der Waals surface area contributed by atoms with E-state index in [2.05, 4.69) is 5.32 Å². The van der Waals surface area contributed by atoms with E-state index in [4.69, 9.17) is 9.84 Å². The average Bonchev–Trinajstić information content (AvgIpc) is 2.49. The highest BCUT2D eigenvalue weighted by molar-refractivity contribution is 5.98. The number of nitrogens with one attached hydrogen (secondary N) is 1. The van der Waals surface area contributed by atoms with Crippen molar-refractivity contribution in [2.75, 3.05) is 19.8 Å². The summed E-state index contributed by atoms with van der Waals surface area (Å²) in [6.45, 7) is 5.53. The second-order valence-corrected chi connectivity index (χ2v) is 5.41. The lowest BCUT2D eigenvalue weighted by Crippen LogP contribution is -2.25. The Morgan fingerprint density at radius 3 is 2.52 bits per heavy atom. The van der Waals surface area contributed by atoms with Gasteiger partial charge in [-0.1, -0.05) is 13.8 Å². The molecule has 8 heteroatoms. The van der Waals surface area contributed by atoms with Crippen molar-refractivity contribution in [1.82, 2.24) is 5.32 Å². The first-order chi connectivity index (χ1) is 10.8. The van der Waals surface area contributed by atoms with Gasteiger partial charge < -0.3 is 15.2 Å². The summed E-state index contributed by atoms with van der Waals surface area (Å²) in [4.78, 5) is 33.0. The van der Waals surface area contributed by atoms with E-state index in [1.807, 2.05) is 13.8 Å². The van der Waals surface area contributed by atoms with Gasteiger partial charge in [0.15, 0.2) is 0 Å². The Morgan fingerprint density at radius 2 is 1.96 bits per heavy atom. The van der Waals surface area contributed by atoms with Gasteiger partial charge in [-0.25, -0.2) is 4.79 Å². The van der Waals surface area contributed by atoms with Crippen LogP contribution in [0.5, 0.6) is 0 Å². The van der Waals surface area contributed by atoms with Crippen LogP contribution in [0.3, 0.4) is 0 Å². The van der Waals surface area contributed by atoms with Gasteiger partial charge in [-0.15, -0.1) is 0 Å². The first-order valence-electron chi connectivity index (χ1n) is 7.20. The number of non-ortho nitro benzene ring substituents is 1. The number of carbonyl (C=O) groups excluding carboxylic acids is 1. The monoisotopic (exact) mass is 324 g/mol. The minimum atomic E-state index is -1.33. The molecule has 0 aliphatic rings.